The van der Waals surface area contributed by atoms with E-state index < -0.39 is 17.7 Å². The summed E-state index contributed by atoms with van der Waals surface area (Å²) in [6.07, 6.45) is 6.95. The van der Waals surface area contributed by atoms with Gasteiger partial charge in [-0.3, -0.25) is 0 Å². The maximum Gasteiger partial charge on any atom is 0.407 e. The summed E-state index contributed by atoms with van der Waals surface area (Å²) in [6, 6.07) is 2.60. The summed E-state index contributed by atoms with van der Waals surface area (Å²) in [5, 5.41) is 13.3. The van der Waals surface area contributed by atoms with E-state index in [0.717, 1.165) is 19.3 Å². The van der Waals surface area contributed by atoms with Gasteiger partial charge in [0.05, 0.1) is 6.20 Å². The second-order valence-electron chi connectivity index (χ2n) is 7.05. The van der Waals surface area contributed by atoms with E-state index in [-0.39, 0.29) is 31.3 Å². The fraction of sp³-hybridized carbons (Fsp3) is 0.400. The molecule has 1 fully saturated rings. The molecule has 0 aliphatic carbocycles. The third-order valence-electron chi connectivity index (χ3n) is 5.23. The highest BCUT2D eigenvalue weighted by Gasteiger charge is 2.23. The van der Waals surface area contributed by atoms with Gasteiger partial charge in [-0.1, -0.05) is 6.08 Å². The Morgan fingerprint density at radius 1 is 1.21 bits per heavy atom. The fourth-order valence-electron chi connectivity index (χ4n) is 3.69. The molecule has 0 saturated carbocycles. The Labute approximate surface area is 161 Å². The van der Waals surface area contributed by atoms with Crippen LogP contribution >= 0.6 is 0 Å². The van der Waals surface area contributed by atoms with Gasteiger partial charge in [-0.15, -0.1) is 0 Å². The van der Waals surface area contributed by atoms with Gasteiger partial charge >= 0.3 is 6.09 Å². The predicted molar refractivity (Wildman–Crippen MR) is 98.6 cm³/mol. The minimum atomic E-state index is -1.04. The van der Waals surface area contributed by atoms with Gasteiger partial charge in [0, 0.05) is 37.0 Å². The van der Waals surface area contributed by atoms with Crippen molar-refractivity contribution < 1.29 is 23.4 Å². The largest absolute Gasteiger partial charge is 0.465 e. The van der Waals surface area contributed by atoms with Gasteiger partial charge in [-0.05, 0) is 49.0 Å². The van der Waals surface area contributed by atoms with Crippen molar-refractivity contribution in [3.63, 3.8) is 0 Å². The van der Waals surface area contributed by atoms with Crippen LogP contribution in [-0.4, -0.2) is 45.6 Å². The molecule has 2 aliphatic heterocycles. The van der Waals surface area contributed by atoms with Crippen molar-refractivity contribution in [1.82, 2.24) is 14.7 Å². The lowest BCUT2D eigenvalue weighted by atomic mass is 9.96. The average Bonchev–Trinajstić information content (AvgIpc) is 3.19. The Kier molecular flexibility index (Phi) is 5.13. The number of carboxylic acid groups (broad SMARTS) is 1. The fourth-order valence-corrected chi connectivity index (χ4v) is 3.69. The molecule has 8 heteroatoms. The van der Waals surface area contributed by atoms with Crippen molar-refractivity contribution in [1.29, 1.82) is 0 Å². The van der Waals surface area contributed by atoms with Crippen molar-refractivity contribution in [3.8, 4) is 11.1 Å². The first-order chi connectivity index (χ1) is 13.5. The molecule has 3 heterocycles. The van der Waals surface area contributed by atoms with Crippen LogP contribution in [0, 0.1) is 11.6 Å². The number of nitrogens with zero attached hydrogens (tertiary/aromatic N) is 3. The number of carbonyl (C=O) groups is 1. The Bertz CT molecular complexity index is 896. The van der Waals surface area contributed by atoms with Crippen molar-refractivity contribution in [3.05, 3.63) is 47.8 Å². The summed E-state index contributed by atoms with van der Waals surface area (Å²) >= 11 is 0. The monoisotopic (exact) mass is 389 g/mol. The first-order valence-corrected chi connectivity index (χ1v) is 9.35. The summed E-state index contributed by atoms with van der Waals surface area (Å²) in [4.78, 5) is 12.2. The van der Waals surface area contributed by atoms with E-state index >= 15 is 0 Å². The van der Waals surface area contributed by atoms with Gasteiger partial charge in [0.1, 0.15) is 17.9 Å². The number of hydrogen-bond donors (Lipinski definition) is 1. The summed E-state index contributed by atoms with van der Waals surface area (Å²) in [5.74, 6) is -1.32. The quantitative estimate of drug-likeness (QED) is 0.850. The van der Waals surface area contributed by atoms with Crippen LogP contribution in [0.1, 0.15) is 37.5 Å². The van der Waals surface area contributed by atoms with Crippen LogP contribution in [0.4, 0.5) is 13.6 Å². The molecule has 2 aromatic rings. The molecule has 4 rings (SSSR count). The van der Waals surface area contributed by atoms with Crippen LogP contribution in [0.25, 0.3) is 16.7 Å². The zero-order chi connectivity index (χ0) is 19.7. The topological polar surface area (TPSA) is 67.6 Å². The van der Waals surface area contributed by atoms with E-state index in [1.807, 2.05) is 0 Å². The van der Waals surface area contributed by atoms with Crippen LogP contribution in [0.3, 0.4) is 0 Å². The molecular weight excluding hydrogens is 368 g/mol. The van der Waals surface area contributed by atoms with Gasteiger partial charge in [-0.2, -0.15) is 5.10 Å². The second kappa shape index (κ2) is 7.71. The Morgan fingerprint density at radius 3 is 2.61 bits per heavy atom. The standard InChI is InChI=1S/C20H21F2N3O3/c21-16-9-14(15-11-23-25(12-15)18-3-1-2-8-28-18)10-17(22)19(16)13-4-6-24(7-5-13)20(26)27/h4,9-12,18H,1-3,5-8H2,(H,26,27). The van der Waals surface area contributed by atoms with Crippen LogP contribution in [0.5, 0.6) is 0 Å². The maximum atomic E-state index is 14.7. The molecule has 0 radical (unpaired) electrons. The molecule has 0 bridgehead atoms. The molecule has 1 atom stereocenters. The first kappa shape index (κ1) is 18.6. The van der Waals surface area contributed by atoms with E-state index in [2.05, 4.69) is 5.10 Å². The minimum Gasteiger partial charge on any atom is -0.465 e. The molecule has 1 unspecified atom stereocenters. The lowest BCUT2D eigenvalue weighted by molar-refractivity contribution is -0.0394. The van der Waals surface area contributed by atoms with Crippen molar-refractivity contribution >= 4 is 11.7 Å². The van der Waals surface area contributed by atoms with E-state index in [4.69, 9.17) is 9.84 Å². The van der Waals surface area contributed by atoms with Gasteiger partial charge in [0.2, 0.25) is 0 Å². The SMILES string of the molecule is O=C(O)N1CC=C(c2c(F)cc(-c3cnn(C4CCCCO4)c3)cc2F)CC1. The number of benzene rings is 1. The van der Waals surface area contributed by atoms with Crippen molar-refractivity contribution in [2.45, 2.75) is 31.9 Å². The lowest BCUT2D eigenvalue weighted by Crippen LogP contribution is -2.33. The molecule has 1 saturated heterocycles. The molecule has 28 heavy (non-hydrogen) atoms. The van der Waals surface area contributed by atoms with Crippen LogP contribution in [0.15, 0.2) is 30.6 Å². The highest BCUT2D eigenvalue weighted by Crippen LogP contribution is 2.32. The number of aromatic nitrogens is 2. The van der Waals surface area contributed by atoms with E-state index in [1.54, 1.807) is 23.2 Å². The summed E-state index contributed by atoms with van der Waals surface area (Å²) < 4.78 is 36.9. The summed E-state index contributed by atoms with van der Waals surface area (Å²) in [5.41, 5.74) is 1.43. The number of hydrogen-bond acceptors (Lipinski definition) is 3. The summed E-state index contributed by atoms with van der Waals surface area (Å²) in [7, 11) is 0. The van der Waals surface area contributed by atoms with Crippen LogP contribution in [-0.2, 0) is 4.74 Å². The van der Waals surface area contributed by atoms with Gasteiger partial charge in [-0.25, -0.2) is 18.3 Å². The normalized spacial score (nSPS) is 20.1. The zero-order valence-electron chi connectivity index (χ0n) is 15.3. The molecule has 1 aromatic carbocycles. The predicted octanol–water partition coefficient (Wildman–Crippen LogP) is 4.29. The van der Waals surface area contributed by atoms with Crippen molar-refractivity contribution in [2.75, 3.05) is 19.7 Å². The van der Waals surface area contributed by atoms with Gasteiger partial charge in [0.25, 0.3) is 0 Å². The average molecular weight is 389 g/mol. The van der Waals surface area contributed by atoms with Crippen molar-refractivity contribution in [2.24, 2.45) is 0 Å². The highest BCUT2D eigenvalue weighted by atomic mass is 19.1. The third-order valence-corrected chi connectivity index (χ3v) is 5.23. The number of halogens is 2. The number of rotatable bonds is 3. The second-order valence-corrected chi connectivity index (χ2v) is 7.05. The minimum absolute atomic E-state index is 0.0863. The number of ether oxygens (including phenoxy) is 1. The number of amides is 1. The highest BCUT2D eigenvalue weighted by molar-refractivity contribution is 5.74. The molecule has 2 aliphatic rings. The van der Waals surface area contributed by atoms with E-state index in [1.165, 1.54) is 17.0 Å². The van der Waals surface area contributed by atoms with Crippen LogP contribution < -0.4 is 0 Å². The molecule has 1 aromatic heterocycles. The third kappa shape index (κ3) is 3.64. The molecule has 0 spiro atoms. The molecular formula is C20H21F2N3O3. The molecule has 6 nitrogen and oxygen atoms in total. The first-order valence-electron chi connectivity index (χ1n) is 9.35. The Hall–Kier alpha value is -2.74. The molecule has 1 amide bonds. The van der Waals surface area contributed by atoms with Crippen LogP contribution in [0.2, 0.25) is 0 Å². The molecule has 1 N–H and O–H groups in total. The summed E-state index contributed by atoms with van der Waals surface area (Å²) in [6.45, 7) is 1.03. The van der Waals surface area contributed by atoms with E-state index in [0.29, 0.717) is 23.3 Å². The van der Waals surface area contributed by atoms with E-state index in [9.17, 15) is 13.6 Å². The zero-order valence-corrected chi connectivity index (χ0v) is 15.3. The Morgan fingerprint density at radius 2 is 2.00 bits per heavy atom. The maximum absolute atomic E-state index is 14.7. The Balaban J connectivity index is 1.58. The van der Waals surface area contributed by atoms with Gasteiger partial charge in [0.15, 0.2) is 0 Å². The molecule has 148 valence electrons. The lowest BCUT2D eigenvalue weighted by Gasteiger charge is -2.24. The smallest absolute Gasteiger partial charge is 0.407 e. The van der Waals surface area contributed by atoms with Gasteiger partial charge < -0.3 is 14.7 Å².